The van der Waals surface area contributed by atoms with Crippen LogP contribution in [0.5, 0.6) is 0 Å². The summed E-state index contributed by atoms with van der Waals surface area (Å²) in [7, 11) is 0. The number of rotatable bonds is 2. The molecule has 0 bridgehead atoms. The van der Waals surface area contributed by atoms with Gasteiger partial charge in [-0.25, -0.2) is 4.79 Å². The standard InChI is InChI=1S/C11H17N3OS/c1-8-4-5-10(16-8)14-11(15)13-9-3-2-6-12-7-9/h4-5,9,12H,2-3,6-7H2,1H3,(H2,13,14,15). The molecule has 1 aromatic rings. The Hall–Kier alpha value is -1.07. The summed E-state index contributed by atoms with van der Waals surface area (Å²) >= 11 is 1.59. The molecule has 1 fully saturated rings. The predicted octanol–water partition coefficient (Wildman–Crippen LogP) is 1.93. The fourth-order valence-corrected chi connectivity index (χ4v) is 2.57. The van der Waals surface area contributed by atoms with Crippen LogP contribution in [0.3, 0.4) is 0 Å². The molecule has 4 nitrogen and oxygen atoms in total. The highest BCUT2D eigenvalue weighted by Gasteiger charge is 2.15. The minimum Gasteiger partial charge on any atom is -0.334 e. The molecule has 1 aromatic heterocycles. The fraction of sp³-hybridized carbons (Fsp3) is 0.545. The van der Waals surface area contributed by atoms with Crippen molar-refractivity contribution in [3.05, 3.63) is 17.0 Å². The van der Waals surface area contributed by atoms with Gasteiger partial charge in [0.15, 0.2) is 0 Å². The average molecular weight is 239 g/mol. The van der Waals surface area contributed by atoms with Crippen LogP contribution in [0.25, 0.3) is 0 Å². The third kappa shape index (κ3) is 3.21. The number of anilines is 1. The summed E-state index contributed by atoms with van der Waals surface area (Å²) in [6.45, 7) is 3.96. The van der Waals surface area contributed by atoms with Crippen molar-refractivity contribution in [2.45, 2.75) is 25.8 Å². The Bertz CT molecular complexity index is 358. The zero-order chi connectivity index (χ0) is 11.4. The lowest BCUT2D eigenvalue weighted by molar-refractivity contribution is 0.245. The van der Waals surface area contributed by atoms with Crippen molar-refractivity contribution in [2.24, 2.45) is 0 Å². The second-order valence-corrected chi connectivity index (χ2v) is 5.34. The Labute approximate surface area is 99.4 Å². The van der Waals surface area contributed by atoms with Gasteiger partial charge in [0.05, 0.1) is 5.00 Å². The van der Waals surface area contributed by atoms with Crippen LogP contribution >= 0.6 is 11.3 Å². The highest BCUT2D eigenvalue weighted by Crippen LogP contribution is 2.20. The molecule has 1 aliphatic rings. The molecule has 1 atom stereocenters. The minimum absolute atomic E-state index is 0.101. The predicted molar refractivity (Wildman–Crippen MR) is 67.1 cm³/mol. The van der Waals surface area contributed by atoms with E-state index in [0.717, 1.165) is 30.9 Å². The lowest BCUT2D eigenvalue weighted by Crippen LogP contribution is -2.46. The zero-order valence-electron chi connectivity index (χ0n) is 9.38. The largest absolute Gasteiger partial charge is 0.334 e. The van der Waals surface area contributed by atoms with Crippen molar-refractivity contribution in [1.82, 2.24) is 10.6 Å². The van der Waals surface area contributed by atoms with E-state index in [1.807, 2.05) is 19.1 Å². The second kappa shape index (κ2) is 5.32. The van der Waals surface area contributed by atoms with Crippen molar-refractivity contribution in [1.29, 1.82) is 0 Å². The van der Waals surface area contributed by atoms with E-state index in [0.29, 0.717) is 0 Å². The first-order valence-electron chi connectivity index (χ1n) is 5.59. The molecule has 1 unspecified atom stereocenters. The summed E-state index contributed by atoms with van der Waals surface area (Å²) in [6.07, 6.45) is 2.19. The smallest absolute Gasteiger partial charge is 0.320 e. The Morgan fingerprint density at radius 2 is 2.44 bits per heavy atom. The third-order valence-corrected chi connectivity index (χ3v) is 3.53. The molecule has 0 saturated carbocycles. The Kier molecular flexibility index (Phi) is 3.79. The number of thiophene rings is 1. The average Bonchev–Trinajstić information content (AvgIpc) is 2.65. The molecule has 0 aliphatic carbocycles. The SMILES string of the molecule is Cc1ccc(NC(=O)NC2CCCNC2)s1. The summed E-state index contributed by atoms with van der Waals surface area (Å²) in [5, 5.41) is 9.99. The Morgan fingerprint density at radius 3 is 3.06 bits per heavy atom. The van der Waals surface area contributed by atoms with Crippen molar-refractivity contribution in [3.63, 3.8) is 0 Å². The molecule has 5 heteroatoms. The van der Waals surface area contributed by atoms with E-state index in [-0.39, 0.29) is 12.1 Å². The summed E-state index contributed by atoms with van der Waals surface area (Å²) in [5.74, 6) is 0. The Balaban J connectivity index is 1.79. The van der Waals surface area contributed by atoms with Crippen LogP contribution in [0, 0.1) is 6.92 Å². The quantitative estimate of drug-likeness (QED) is 0.738. The molecule has 0 aromatic carbocycles. The van der Waals surface area contributed by atoms with Crippen LogP contribution in [0.1, 0.15) is 17.7 Å². The van der Waals surface area contributed by atoms with Gasteiger partial charge in [-0.3, -0.25) is 5.32 Å². The second-order valence-electron chi connectivity index (χ2n) is 4.05. The van der Waals surface area contributed by atoms with Gasteiger partial charge in [-0.15, -0.1) is 11.3 Å². The number of carbonyl (C=O) groups excluding carboxylic acids is 1. The first kappa shape index (κ1) is 11.4. The fourth-order valence-electron chi connectivity index (χ4n) is 1.81. The van der Waals surface area contributed by atoms with E-state index in [1.165, 1.54) is 4.88 Å². The highest BCUT2D eigenvalue weighted by atomic mass is 32.1. The number of nitrogens with one attached hydrogen (secondary N) is 3. The number of piperidine rings is 1. The van der Waals surface area contributed by atoms with Gasteiger partial charge in [0.25, 0.3) is 0 Å². The van der Waals surface area contributed by atoms with Crippen LogP contribution in [-0.2, 0) is 0 Å². The number of urea groups is 1. The molecule has 0 spiro atoms. The van der Waals surface area contributed by atoms with Gasteiger partial charge in [0, 0.05) is 17.5 Å². The van der Waals surface area contributed by atoms with Gasteiger partial charge in [-0.2, -0.15) is 0 Å². The summed E-state index contributed by atoms with van der Waals surface area (Å²) in [6, 6.07) is 4.09. The maximum Gasteiger partial charge on any atom is 0.320 e. The van der Waals surface area contributed by atoms with Crippen LogP contribution < -0.4 is 16.0 Å². The molecule has 2 rings (SSSR count). The molecule has 88 valence electrons. The maximum absolute atomic E-state index is 11.6. The number of aryl methyl sites for hydroxylation is 1. The van der Waals surface area contributed by atoms with Crippen molar-refractivity contribution in [3.8, 4) is 0 Å². The molecule has 16 heavy (non-hydrogen) atoms. The van der Waals surface area contributed by atoms with Gasteiger partial charge >= 0.3 is 6.03 Å². The summed E-state index contributed by atoms with van der Waals surface area (Å²) in [5.41, 5.74) is 0. The van der Waals surface area contributed by atoms with Gasteiger partial charge in [0.1, 0.15) is 0 Å². The van der Waals surface area contributed by atoms with Gasteiger partial charge in [-0.1, -0.05) is 0 Å². The van der Waals surface area contributed by atoms with Crippen molar-refractivity contribution >= 4 is 22.4 Å². The maximum atomic E-state index is 11.6. The summed E-state index contributed by atoms with van der Waals surface area (Å²) in [4.78, 5) is 12.8. The summed E-state index contributed by atoms with van der Waals surface area (Å²) < 4.78 is 0. The minimum atomic E-state index is -0.101. The lowest BCUT2D eigenvalue weighted by Gasteiger charge is -2.23. The number of hydrogen-bond acceptors (Lipinski definition) is 3. The monoisotopic (exact) mass is 239 g/mol. The highest BCUT2D eigenvalue weighted by molar-refractivity contribution is 7.16. The first-order valence-corrected chi connectivity index (χ1v) is 6.40. The molecule has 1 saturated heterocycles. The molecule has 3 N–H and O–H groups in total. The van der Waals surface area contributed by atoms with Crippen LogP contribution in [0.4, 0.5) is 9.80 Å². The van der Waals surface area contributed by atoms with Gasteiger partial charge in [0.2, 0.25) is 0 Å². The van der Waals surface area contributed by atoms with Crippen LogP contribution in [-0.4, -0.2) is 25.2 Å². The first-order chi connectivity index (χ1) is 7.74. The van der Waals surface area contributed by atoms with Crippen LogP contribution in [0.2, 0.25) is 0 Å². The lowest BCUT2D eigenvalue weighted by atomic mass is 10.1. The van der Waals surface area contributed by atoms with Crippen molar-refractivity contribution in [2.75, 3.05) is 18.4 Å². The molecular formula is C11H17N3OS. The number of amides is 2. The van der Waals surface area contributed by atoms with E-state index in [1.54, 1.807) is 11.3 Å². The van der Waals surface area contributed by atoms with E-state index in [9.17, 15) is 4.79 Å². The molecule has 0 radical (unpaired) electrons. The van der Waals surface area contributed by atoms with E-state index in [2.05, 4.69) is 16.0 Å². The van der Waals surface area contributed by atoms with Gasteiger partial charge < -0.3 is 10.6 Å². The third-order valence-electron chi connectivity index (χ3n) is 2.61. The number of hydrogen-bond donors (Lipinski definition) is 3. The topological polar surface area (TPSA) is 53.2 Å². The van der Waals surface area contributed by atoms with Crippen molar-refractivity contribution < 1.29 is 4.79 Å². The molecule has 2 heterocycles. The zero-order valence-corrected chi connectivity index (χ0v) is 10.2. The normalized spacial score (nSPS) is 20.4. The van der Waals surface area contributed by atoms with E-state index in [4.69, 9.17) is 0 Å². The van der Waals surface area contributed by atoms with Crippen LogP contribution in [0.15, 0.2) is 12.1 Å². The molecular weight excluding hydrogens is 222 g/mol. The van der Waals surface area contributed by atoms with E-state index < -0.39 is 0 Å². The number of carbonyl (C=O) groups is 1. The molecule has 2 amide bonds. The Morgan fingerprint density at radius 1 is 1.56 bits per heavy atom. The van der Waals surface area contributed by atoms with Gasteiger partial charge in [-0.05, 0) is 38.4 Å². The van der Waals surface area contributed by atoms with E-state index >= 15 is 0 Å². The molecule has 1 aliphatic heterocycles.